The lowest BCUT2D eigenvalue weighted by Gasteiger charge is -2.27. The van der Waals surface area contributed by atoms with E-state index >= 15 is 0 Å². The predicted molar refractivity (Wildman–Crippen MR) is 146 cm³/mol. The fourth-order valence-electron chi connectivity index (χ4n) is 4.56. The molecule has 2 N–H and O–H groups in total. The highest BCUT2D eigenvalue weighted by Gasteiger charge is 2.36. The first-order chi connectivity index (χ1) is 18.3. The van der Waals surface area contributed by atoms with Gasteiger partial charge in [-0.25, -0.2) is 4.79 Å². The molecule has 2 aromatic rings. The second-order valence-electron chi connectivity index (χ2n) is 9.90. The van der Waals surface area contributed by atoms with E-state index in [1.54, 1.807) is 11.0 Å². The van der Waals surface area contributed by atoms with Gasteiger partial charge in [0.15, 0.2) is 0 Å². The first kappa shape index (κ1) is 28.6. The first-order valence-electron chi connectivity index (χ1n) is 13.0. The lowest BCUT2D eigenvalue weighted by Crippen LogP contribution is -2.56. The molecule has 0 unspecified atom stereocenters. The van der Waals surface area contributed by atoms with Crippen LogP contribution in [0.2, 0.25) is 0 Å². The van der Waals surface area contributed by atoms with Crippen molar-refractivity contribution in [3.8, 4) is 0 Å². The molecular formula is C30H37N3O5. The zero-order chi connectivity index (χ0) is 27.5. The molecule has 0 saturated carbocycles. The van der Waals surface area contributed by atoms with Crippen LogP contribution in [0.3, 0.4) is 0 Å². The van der Waals surface area contributed by atoms with Crippen molar-refractivity contribution in [1.29, 1.82) is 0 Å². The zero-order valence-corrected chi connectivity index (χ0v) is 22.3. The summed E-state index contributed by atoms with van der Waals surface area (Å²) in [5, 5.41) is 5.62. The monoisotopic (exact) mass is 519 g/mol. The molecule has 0 aromatic heterocycles. The minimum atomic E-state index is -0.894. The number of carbonyl (C=O) groups is 4. The van der Waals surface area contributed by atoms with Gasteiger partial charge in [-0.1, -0.05) is 74.5 Å². The number of likely N-dealkylation sites (tertiary alicyclic amines) is 1. The Labute approximate surface area is 224 Å². The molecular weight excluding hydrogens is 482 g/mol. The van der Waals surface area contributed by atoms with Crippen LogP contribution >= 0.6 is 0 Å². The van der Waals surface area contributed by atoms with E-state index in [0.29, 0.717) is 25.8 Å². The van der Waals surface area contributed by atoms with E-state index in [9.17, 15) is 19.2 Å². The van der Waals surface area contributed by atoms with Crippen LogP contribution in [0.15, 0.2) is 66.7 Å². The third-order valence-electron chi connectivity index (χ3n) is 6.48. The number of amides is 3. The quantitative estimate of drug-likeness (QED) is 0.351. The summed E-state index contributed by atoms with van der Waals surface area (Å²) < 4.78 is 4.91. The Balaban J connectivity index is 1.68. The molecule has 0 bridgehead atoms. The van der Waals surface area contributed by atoms with Gasteiger partial charge in [0.25, 0.3) is 0 Å². The molecule has 202 valence electrons. The largest absolute Gasteiger partial charge is 0.467 e. The zero-order valence-electron chi connectivity index (χ0n) is 22.3. The summed E-state index contributed by atoms with van der Waals surface area (Å²) in [6.45, 7) is 4.38. The first-order valence-corrected chi connectivity index (χ1v) is 13.0. The van der Waals surface area contributed by atoms with E-state index in [0.717, 1.165) is 11.1 Å². The summed E-state index contributed by atoms with van der Waals surface area (Å²) in [5.41, 5.74) is 1.77. The molecule has 3 atom stereocenters. The summed E-state index contributed by atoms with van der Waals surface area (Å²) in [6.07, 6.45) is 5.07. The molecule has 1 heterocycles. The van der Waals surface area contributed by atoms with Gasteiger partial charge in [0, 0.05) is 19.0 Å². The number of ether oxygens (including phenoxy) is 1. The number of nitrogens with one attached hydrogen (secondary N) is 2. The molecule has 0 aliphatic carbocycles. The number of methoxy groups -OCH3 is 1. The van der Waals surface area contributed by atoms with Gasteiger partial charge < -0.3 is 20.3 Å². The van der Waals surface area contributed by atoms with E-state index in [4.69, 9.17) is 4.74 Å². The van der Waals surface area contributed by atoms with E-state index in [2.05, 4.69) is 10.6 Å². The van der Waals surface area contributed by atoms with Crippen molar-refractivity contribution in [3.05, 3.63) is 77.9 Å². The van der Waals surface area contributed by atoms with Gasteiger partial charge in [-0.3, -0.25) is 14.4 Å². The SMILES string of the molecule is COC(=O)[C@H](Cc1ccccc1)NC(=O)[C@H](CC(C)C)NC(=O)[C@@H]1CCCN1C(=O)/C=C/c1ccccc1. The highest BCUT2D eigenvalue weighted by Crippen LogP contribution is 2.19. The van der Waals surface area contributed by atoms with Crippen molar-refractivity contribution in [1.82, 2.24) is 15.5 Å². The molecule has 8 nitrogen and oxygen atoms in total. The van der Waals surface area contributed by atoms with Crippen LogP contribution in [0.4, 0.5) is 0 Å². The number of rotatable bonds is 11. The van der Waals surface area contributed by atoms with Crippen molar-refractivity contribution in [2.45, 2.75) is 57.7 Å². The topological polar surface area (TPSA) is 105 Å². The van der Waals surface area contributed by atoms with Crippen LogP contribution in [0.5, 0.6) is 0 Å². The molecule has 2 aromatic carbocycles. The van der Waals surface area contributed by atoms with Crippen molar-refractivity contribution < 1.29 is 23.9 Å². The normalized spacial score (nSPS) is 16.7. The average Bonchev–Trinajstić information content (AvgIpc) is 3.42. The molecule has 3 amide bonds. The fourth-order valence-corrected chi connectivity index (χ4v) is 4.56. The Morgan fingerprint density at radius 2 is 1.63 bits per heavy atom. The second kappa shape index (κ2) is 14.1. The molecule has 3 rings (SSSR count). The maximum Gasteiger partial charge on any atom is 0.328 e. The fraction of sp³-hybridized carbons (Fsp3) is 0.400. The average molecular weight is 520 g/mol. The van der Waals surface area contributed by atoms with Gasteiger partial charge in [-0.15, -0.1) is 0 Å². The molecule has 0 radical (unpaired) electrons. The van der Waals surface area contributed by atoms with Crippen LogP contribution in [0, 0.1) is 5.92 Å². The number of hydrogen-bond donors (Lipinski definition) is 2. The maximum absolute atomic E-state index is 13.3. The molecule has 1 fully saturated rings. The summed E-state index contributed by atoms with van der Waals surface area (Å²) >= 11 is 0. The molecule has 8 heteroatoms. The van der Waals surface area contributed by atoms with Crippen molar-refractivity contribution >= 4 is 29.8 Å². The second-order valence-corrected chi connectivity index (χ2v) is 9.90. The maximum atomic E-state index is 13.3. The highest BCUT2D eigenvalue weighted by molar-refractivity contribution is 5.97. The third kappa shape index (κ3) is 8.30. The van der Waals surface area contributed by atoms with E-state index in [1.807, 2.05) is 74.5 Å². The number of carbonyl (C=O) groups excluding carboxylic acids is 4. The van der Waals surface area contributed by atoms with Gasteiger partial charge in [0.1, 0.15) is 18.1 Å². The number of esters is 1. The number of nitrogens with zero attached hydrogens (tertiary/aromatic N) is 1. The third-order valence-corrected chi connectivity index (χ3v) is 6.48. The van der Waals surface area contributed by atoms with Crippen LogP contribution < -0.4 is 10.6 Å². The Bertz CT molecular complexity index is 1120. The Hall–Kier alpha value is -3.94. The summed E-state index contributed by atoms with van der Waals surface area (Å²) in [5.74, 6) is -1.54. The Kier molecular flexibility index (Phi) is 10.6. The molecule has 1 saturated heterocycles. The minimum absolute atomic E-state index is 0.104. The van der Waals surface area contributed by atoms with Gasteiger partial charge in [-0.2, -0.15) is 0 Å². The van der Waals surface area contributed by atoms with Crippen molar-refractivity contribution in [3.63, 3.8) is 0 Å². The molecule has 38 heavy (non-hydrogen) atoms. The van der Waals surface area contributed by atoms with Gasteiger partial charge in [0.2, 0.25) is 17.7 Å². The number of benzene rings is 2. The van der Waals surface area contributed by atoms with Gasteiger partial charge >= 0.3 is 5.97 Å². The predicted octanol–water partition coefficient (Wildman–Crippen LogP) is 3.12. The van der Waals surface area contributed by atoms with Crippen LogP contribution in [0.1, 0.15) is 44.2 Å². The lowest BCUT2D eigenvalue weighted by atomic mass is 10.0. The van der Waals surface area contributed by atoms with E-state index in [1.165, 1.54) is 13.2 Å². The van der Waals surface area contributed by atoms with Crippen molar-refractivity contribution in [2.24, 2.45) is 5.92 Å². The molecule has 1 aliphatic rings. The van der Waals surface area contributed by atoms with Crippen LogP contribution in [-0.4, -0.2) is 60.4 Å². The highest BCUT2D eigenvalue weighted by atomic mass is 16.5. The van der Waals surface area contributed by atoms with Crippen LogP contribution in [-0.2, 0) is 30.3 Å². The van der Waals surface area contributed by atoms with Gasteiger partial charge in [-0.05, 0) is 42.4 Å². The lowest BCUT2D eigenvalue weighted by molar-refractivity contribution is -0.145. The summed E-state index contributed by atoms with van der Waals surface area (Å²) in [7, 11) is 1.28. The van der Waals surface area contributed by atoms with E-state index < -0.39 is 30.0 Å². The van der Waals surface area contributed by atoms with Crippen molar-refractivity contribution in [2.75, 3.05) is 13.7 Å². The standard InChI is InChI=1S/C30H37N3O5/c1-21(2)19-24(28(35)32-25(30(37)38-3)20-23-13-8-5-9-14-23)31-29(36)26-15-10-18-33(26)27(34)17-16-22-11-6-4-7-12-22/h4-9,11-14,16-17,21,24-26H,10,15,18-20H2,1-3H3,(H,31,36)(H,32,35)/b17-16+/t24-,25-,26-/m0/s1. The molecule has 0 spiro atoms. The minimum Gasteiger partial charge on any atom is -0.467 e. The number of hydrogen-bond acceptors (Lipinski definition) is 5. The Morgan fingerprint density at radius 3 is 2.26 bits per heavy atom. The molecule has 1 aliphatic heterocycles. The summed E-state index contributed by atoms with van der Waals surface area (Å²) in [6, 6.07) is 16.4. The van der Waals surface area contributed by atoms with Crippen LogP contribution in [0.25, 0.3) is 6.08 Å². The summed E-state index contributed by atoms with van der Waals surface area (Å²) in [4.78, 5) is 53.5. The smallest absolute Gasteiger partial charge is 0.328 e. The van der Waals surface area contributed by atoms with E-state index in [-0.39, 0.29) is 24.2 Å². The Morgan fingerprint density at radius 1 is 0.974 bits per heavy atom. The van der Waals surface area contributed by atoms with Gasteiger partial charge in [0.05, 0.1) is 7.11 Å².